The third-order valence-electron chi connectivity index (χ3n) is 8.93. The quantitative estimate of drug-likeness (QED) is 0.330. The van der Waals surface area contributed by atoms with Crippen LogP contribution in [0.15, 0.2) is 54.6 Å². The van der Waals surface area contributed by atoms with E-state index in [0.29, 0.717) is 25.1 Å². The maximum atomic E-state index is 14.1. The van der Waals surface area contributed by atoms with Gasteiger partial charge >= 0.3 is 0 Å². The standard InChI is InChI=1S/C31H39BrN4O5/c1-4-21(18-37)36-27(29(39)34-20-12-14-22(15-13-20)35(5-2)6-3)31-16-23(32)26(41-31)24(25(31)30(36)40)28(38)33-17-19-10-8-7-9-11-19/h7-15,21,23-27,37H,4-6,16-18H2,1-3H3,(H,33,38)(H,34,39)/t21-,23?,24+,25-,26+,27?,31?/m0/s1. The van der Waals surface area contributed by atoms with E-state index in [0.717, 1.165) is 24.3 Å². The molecule has 1 spiro atoms. The van der Waals surface area contributed by atoms with Crippen molar-refractivity contribution in [2.75, 3.05) is 29.9 Å². The van der Waals surface area contributed by atoms with Crippen LogP contribution in [-0.4, -0.2) is 76.0 Å². The van der Waals surface area contributed by atoms with Gasteiger partial charge in [-0.15, -0.1) is 0 Å². The molecular weight excluding hydrogens is 588 g/mol. The van der Waals surface area contributed by atoms with Crippen LogP contribution in [0.5, 0.6) is 0 Å². The molecule has 9 nitrogen and oxygen atoms in total. The largest absolute Gasteiger partial charge is 0.394 e. The molecular formula is C31H39BrN4O5. The van der Waals surface area contributed by atoms with Gasteiger partial charge in [-0.05, 0) is 56.5 Å². The second-order valence-corrected chi connectivity index (χ2v) is 12.2. The van der Waals surface area contributed by atoms with Crippen molar-refractivity contribution in [2.45, 2.75) is 68.8 Å². The van der Waals surface area contributed by atoms with Crippen LogP contribution in [0.1, 0.15) is 39.2 Å². The monoisotopic (exact) mass is 626 g/mol. The summed E-state index contributed by atoms with van der Waals surface area (Å²) in [6.45, 7) is 7.84. The van der Waals surface area contributed by atoms with Gasteiger partial charge in [0.05, 0.1) is 30.6 Å². The number of nitrogens with zero attached hydrogens (tertiary/aromatic N) is 2. The molecule has 0 aromatic heterocycles. The van der Waals surface area contributed by atoms with E-state index in [9.17, 15) is 19.5 Å². The number of likely N-dealkylation sites (tertiary alicyclic amines) is 1. The molecule has 3 heterocycles. The van der Waals surface area contributed by atoms with Crippen molar-refractivity contribution in [2.24, 2.45) is 11.8 Å². The summed E-state index contributed by atoms with van der Waals surface area (Å²) < 4.78 is 6.55. The van der Waals surface area contributed by atoms with Gasteiger partial charge in [-0.1, -0.05) is 53.2 Å². The van der Waals surface area contributed by atoms with E-state index in [2.05, 4.69) is 45.3 Å². The van der Waals surface area contributed by atoms with Crippen molar-refractivity contribution < 1.29 is 24.2 Å². The van der Waals surface area contributed by atoms with Gasteiger partial charge in [0.1, 0.15) is 11.6 Å². The van der Waals surface area contributed by atoms with Crippen LogP contribution in [0.25, 0.3) is 0 Å². The predicted molar refractivity (Wildman–Crippen MR) is 161 cm³/mol. The number of fused-ring (bicyclic) bond motifs is 1. The van der Waals surface area contributed by atoms with Gasteiger partial charge in [-0.25, -0.2) is 0 Å². The molecule has 3 N–H and O–H groups in total. The molecule has 0 aliphatic carbocycles. The summed E-state index contributed by atoms with van der Waals surface area (Å²) in [5.41, 5.74) is 1.43. The number of benzene rings is 2. The number of hydrogen-bond donors (Lipinski definition) is 3. The minimum Gasteiger partial charge on any atom is -0.394 e. The van der Waals surface area contributed by atoms with E-state index < -0.39 is 35.6 Å². The number of amides is 3. The maximum Gasteiger partial charge on any atom is 0.250 e. The van der Waals surface area contributed by atoms with Crippen LogP contribution in [0.3, 0.4) is 0 Å². The predicted octanol–water partition coefficient (Wildman–Crippen LogP) is 3.31. The van der Waals surface area contributed by atoms with Crippen molar-refractivity contribution in [3.05, 3.63) is 60.2 Å². The summed E-state index contributed by atoms with van der Waals surface area (Å²) in [6, 6.07) is 15.6. The summed E-state index contributed by atoms with van der Waals surface area (Å²) in [5.74, 6) is -2.54. The van der Waals surface area contributed by atoms with Crippen LogP contribution in [0, 0.1) is 11.8 Å². The van der Waals surface area contributed by atoms with Crippen molar-refractivity contribution in [1.29, 1.82) is 0 Å². The Morgan fingerprint density at radius 3 is 2.39 bits per heavy atom. The normalized spacial score (nSPS) is 28.9. The SMILES string of the molecule is CC[C@@H](CO)N1C(=O)[C@@H]2[C@@H](C(=O)NCc3ccccc3)[C@@H]3OC2(CC3Br)C1C(=O)Nc1ccc(N(CC)CC)cc1. The van der Waals surface area contributed by atoms with Gasteiger partial charge in [0.2, 0.25) is 17.7 Å². The lowest BCUT2D eigenvalue weighted by Gasteiger charge is -2.36. The van der Waals surface area contributed by atoms with Crippen molar-refractivity contribution in [1.82, 2.24) is 10.2 Å². The third-order valence-corrected chi connectivity index (χ3v) is 9.77. The highest BCUT2D eigenvalue weighted by Crippen LogP contribution is 2.60. The molecule has 3 amide bonds. The highest BCUT2D eigenvalue weighted by atomic mass is 79.9. The van der Waals surface area contributed by atoms with Crippen molar-refractivity contribution in [3.8, 4) is 0 Å². The molecule has 7 atom stereocenters. The first-order valence-corrected chi connectivity index (χ1v) is 15.4. The number of halogens is 1. The molecule has 0 radical (unpaired) electrons. The average molecular weight is 628 g/mol. The van der Waals surface area contributed by atoms with Crippen molar-refractivity contribution in [3.63, 3.8) is 0 Å². The summed E-state index contributed by atoms with van der Waals surface area (Å²) in [5, 5.41) is 16.2. The maximum absolute atomic E-state index is 14.1. The fraction of sp³-hybridized carbons (Fsp3) is 0.516. The minimum absolute atomic E-state index is 0.197. The second-order valence-electron chi connectivity index (χ2n) is 11.1. The zero-order chi connectivity index (χ0) is 29.3. The van der Waals surface area contributed by atoms with E-state index in [1.807, 2.05) is 61.5 Å². The summed E-state index contributed by atoms with van der Waals surface area (Å²) in [7, 11) is 0. The Morgan fingerprint density at radius 2 is 1.78 bits per heavy atom. The van der Waals surface area contributed by atoms with Gasteiger partial charge in [-0.2, -0.15) is 0 Å². The average Bonchev–Trinajstić information content (AvgIpc) is 3.58. The van der Waals surface area contributed by atoms with Crippen LogP contribution in [0.2, 0.25) is 0 Å². The van der Waals surface area contributed by atoms with Gasteiger partial charge in [0.25, 0.3) is 0 Å². The lowest BCUT2D eigenvalue weighted by molar-refractivity contribution is -0.144. The van der Waals surface area contributed by atoms with E-state index in [4.69, 9.17) is 4.74 Å². The van der Waals surface area contributed by atoms with Crippen molar-refractivity contribution >= 4 is 45.0 Å². The van der Waals surface area contributed by atoms with E-state index in [1.165, 1.54) is 4.90 Å². The fourth-order valence-electron chi connectivity index (χ4n) is 6.93. The Bertz CT molecular complexity index is 1250. The first kappa shape index (κ1) is 29.5. The number of rotatable bonds is 11. The van der Waals surface area contributed by atoms with Gasteiger partial charge < -0.3 is 30.3 Å². The molecule has 220 valence electrons. The number of hydrogen-bond acceptors (Lipinski definition) is 6. The second kappa shape index (κ2) is 12.1. The zero-order valence-electron chi connectivity index (χ0n) is 23.8. The van der Waals surface area contributed by atoms with Crippen LogP contribution < -0.4 is 15.5 Å². The number of carbonyl (C=O) groups is 3. The zero-order valence-corrected chi connectivity index (χ0v) is 25.3. The number of aliphatic hydroxyl groups is 1. The third kappa shape index (κ3) is 5.15. The highest BCUT2D eigenvalue weighted by Gasteiger charge is 2.77. The molecule has 2 aromatic carbocycles. The summed E-state index contributed by atoms with van der Waals surface area (Å²) in [4.78, 5) is 45.3. The number of anilines is 2. The lowest BCUT2D eigenvalue weighted by atomic mass is 9.70. The fourth-order valence-corrected chi connectivity index (χ4v) is 7.87. The first-order chi connectivity index (χ1) is 19.8. The Kier molecular flexibility index (Phi) is 8.73. The Hall–Kier alpha value is -2.95. The van der Waals surface area contributed by atoms with Gasteiger partial charge in [0, 0.05) is 35.8 Å². The Labute approximate surface area is 249 Å². The highest BCUT2D eigenvalue weighted by molar-refractivity contribution is 9.09. The molecule has 5 rings (SSSR count). The smallest absolute Gasteiger partial charge is 0.250 e. The molecule has 3 fully saturated rings. The molecule has 3 unspecified atom stereocenters. The molecule has 2 bridgehead atoms. The van der Waals surface area contributed by atoms with E-state index in [-0.39, 0.29) is 29.2 Å². The first-order valence-electron chi connectivity index (χ1n) is 14.5. The molecule has 41 heavy (non-hydrogen) atoms. The molecule has 10 heteroatoms. The summed E-state index contributed by atoms with van der Waals surface area (Å²) in [6.07, 6.45) is 0.326. The number of carbonyl (C=O) groups excluding carboxylic acids is 3. The van der Waals surface area contributed by atoms with Crippen LogP contribution in [-0.2, 0) is 25.7 Å². The number of nitrogens with one attached hydrogen (secondary N) is 2. The van der Waals surface area contributed by atoms with Gasteiger partial charge in [-0.3, -0.25) is 14.4 Å². The number of aliphatic hydroxyl groups excluding tert-OH is 1. The van der Waals surface area contributed by atoms with E-state index in [1.54, 1.807) is 0 Å². The molecule has 2 aromatic rings. The summed E-state index contributed by atoms with van der Waals surface area (Å²) >= 11 is 3.70. The van der Waals surface area contributed by atoms with Gasteiger partial charge in [0.15, 0.2) is 0 Å². The molecule has 3 aliphatic rings. The molecule has 3 saturated heterocycles. The lowest BCUT2D eigenvalue weighted by Crippen LogP contribution is -2.56. The van der Waals surface area contributed by atoms with E-state index >= 15 is 0 Å². The Balaban J connectivity index is 1.44. The number of ether oxygens (including phenoxy) is 1. The van der Waals surface area contributed by atoms with Crippen LogP contribution >= 0.6 is 15.9 Å². The molecule has 0 saturated carbocycles. The number of alkyl halides is 1. The van der Waals surface area contributed by atoms with Crippen LogP contribution in [0.4, 0.5) is 11.4 Å². The molecule has 3 aliphatic heterocycles. The minimum atomic E-state index is -1.18. The topological polar surface area (TPSA) is 111 Å². The Morgan fingerprint density at radius 1 is 1.10 bits per heavy atom.